The van der Waals surface area contributed by atoms with Gasteiger partial charge in [0.25, 0.3) is 0 Å². The van der Waals surface area contributed by atoms with Crippen LogP contribution in [0.2, 0.25) is 0 Å². The van der Waals surface area contributed by atoms with Crippen molar-refractivity contribution in [1.82, 2.24) is 4.90 Å². The first-order valence-corrected chi connectivity index (χ1v) is 10.8. The number of nitrogens with zero attached hydrogens (tertiary/aromatic N) is 2. The molecule has 2 aliphatic heterocycles. The molecule has 4 rings (SSSR count). The largest absolute Gasteiger partial charge is 0.497 e. The van der Waals surface area contributed by atoms with Gasteiger partial charge < -0.3 is 14.4 Å². The van der Waals surface area contributed by atoms with Gasteiger partial charge in [-0.05, 0) is 30.0 Å². The maximum atomic E-state index is 13.1. The van der Waals surface area contributed by atoms with Crippen LogP contribution in [0.5, 0.6) is 11.5 Å². The fraction of sp³-hybridized carbons (Fsp3) is 0.304. The number of rotatable bonds is 5. The maximum Gasteiger partial charge on any atom is 0.232 e. The number of fused-ring (bicyclic) bond motifs is 1. The normalized spacial score (nSPS) is 21.1. The molecule has 1 N–H and O–H groups in total. The van der Waals surface area contributed by atoms with E-state index in [2.05, 4.69) is 18.2 Å². The SMILES string of the molecule is COc1ccc(OC)c([C@H]2CC(=O)N3C[NH+](Cc4ccccc4)CSC3=C2C#N)c1. The standard InChI is InChI=1S/C23H23N3O3S/c1-28-17-8-9-21(29-2)19(10-17)18-11-22(27)26-14-25(13-16-6-4-3-5-7-16)15-30-23(26)20(18)12-24/h3-10,18H,11,13-15H2,1-2H3/p+1/t18-/m1/s1. The highest BCUT2D eigenvalue weighted by atomic mass is 32.2. The fourth-order valence-electron chi connectivity index (χ4n) is 4.04. The first-order valence-electron chi connectivity index (χ1n) is 9.81. The Kier molecular flexibility index (Phi) is 5.98. The van der Waals surface area contributed by atoms with Crippen molar-refractivity contribution in [2.24, 2.45) is 0 Å². The number of carbonyl (C=O) groups excluding carboxylic acids is 1. The van der Waals surface area contributed by atoms with Gasteiger partial charge in [0, 0.05) is 23.5 Å². The molecule has 2 heterocycles. The average Bonchev–Trinajstić information content (AvgIpc) is 2.79. The Morgan fingerprint density at radius 2 is 2.00 bits per heavy atom. The molecule has 0 spiro atoms. The molecule has 154 valence electrons. The van der Waals surface area contributed by atoms with Crippen LogP contribution in [-0.4, -0.2) is 37.6 Å². The molecule has 2 aliphatic rings. The van der Waals surface area contributed by atoms with E-state index in [1.54, 1.807) is 30.9 Å². The van der Waals surface area contributed by atoms with Crippen molar-refractivity contribution >= 4 is 17.7 Å². The van der Waals surface area contributed by atoms with Crippen molar-refractivity contribution in [3.63, 3.8) is 0 Å². The van der Waals surface area contributed by atoms with Crippen LogP contribution < -0.4 is 14.4 Å². The number of hydrogen-bond donors (Lipinski definition) is 1. The third-order valence-electron chi connectivity index (χ3n) is 5.53. The summed E-state index contributed by atoms with van der Waals surface area (Å²) >= 11 is 1.59. The van der Waals surface area contributed by atoms with Crippen molar-refractivity contribution in [1.29, 1.82) is 5.26 Å². The zero-order valence-corrected chi connectivity index (χ0v) is 17.9. The third kappa shape index (κ3) is 3.89. The second-order valence-electron chi connectivity index (χ2n) is 7.38. The molecular weight excluding hydrogens is 398 g/mol. The molecule has 7 heteroatoms. The summed E-state index contributed by atoms with van der Waals surface area (Å²) in [5.41, 5.74) is 2.68. The monoisotopic (exact) mass is 422 g/mol. The topological polar surface area (TPSA) is 67.0 Å². The number of benzene rings is 2. The Balaban J connectivity index is 1.64. The summed E-state index contributed by atoms with van der Waals surface area (Å²) in [6, 6.07) is 18.2. The van der Waals surface area contributed by atoms with Gasteiger partial charge in [-0.25, -0.2) is 0 Å². The van der Waals surface area contributed by atoms with E-state index >= 15 is 0 Å². The first kappa shape index (κ1) is 20.3. The van der Waals surface area contributed by atoms with E-state index in [9.17, 15) is 10.1 Å². The van der Waals surface area contributed by atoms with Crippen LogP contribution in [0.4, 0.5) is 0 Å². The summed E-state index contributed by atoms with van der Waals surface area (Å²) in [5.74, 6) is 1.85. The lowest BCUT2D eigenvalue weighted by Crippen LogP contribution is -3.12. The van der Waals surface area contributed by atoms with Gasteiger partial charge in [0.1, 0.15) is 28.9 Å². The van der Waals surface area contributed by atoms with Crippen LogP contribution in [0, 0.1) is 11.3 Å². The predicted molar refractivity (Wildman–Crippen MR) is 115 cm³/mol. The quantitative estimate of drug-likeness (QED) is 0.802. The molecule has 30 heavy (non-hydrogen) atoms. The molecule has 0 radical (unpaired) electrons. The van der Waals surface area contributed by atoms with E-state index < -0.39 is 0 Å². The van der Waals surface area contributed by atoms with Gasteiger partial charge in [-0.1, -0.05) is 30.3 Å². The molecule has 0 aromatic heterocycles. The minimum absolute atomic E-state index is 0.0386. The summed E-state index contributed by atoms with van der Waals surface area (Å²) in [5, 5.41) is 10.8. The third-order valence-corrected chi connectivity index (χ3v) is 6.79. The van der Waals surface area contributed by atoms with E-state index in [-0.39, 0.29) is 18.2 Å². The molecule has 2 aromatic carbocycles. The van der Waals surface area contributed by atoms with Crippen LogP contribution in [0.1, 0.15) is 23.5 Å². The molecule has 0 saturated carbocycles. The van der Waals surface area contributed by atoms with Crippen molar-refractivity contribution < 1.29 is 19.2 Å². The number of amides is 1. The molecule has 2 aromatic rings. The van der Waals surface area contributed by atoms with E-state index in [1.165, 1.54) is 10.5 Å². The Morgan fingerprint density at radius 3 is 2.70 bits per heavy atom. The predicted octanol–water partition coefficient (Wildman–Crippen LogP) is 2.50. The summed E-state index contributed by atoms with van der Waals surface area (Å²) in [7, 11) is 3.20. The number of allylic oxidation sites excluding steroid dienone is 1. The summed E-state index contributed by atoms with van der Waals surface area (Å²) < 4.78 is 10.9. The molecule has 1 saturated heterocycles. The smallest absolute Gasteiger partial charge is 0.232 e. The van der Waals surface area contributed by atoms with Crippen molar-refractivity contribution in [2.45, 2.75) is 18.9 Å². The zero-order valence-electron chi connectivity index (χ0n) is 17.1. The van der Waals surface area contributed by atoms with Gasteiger partial charge in [-0.15, -0.1) is 0 Å². The zero-order chi connectivity index (χ0) is 21.1. The Bertz CT molecular complexity index is 1020. The van der Waals surface area contributed by atoms with Crippen molar-refractivity contribution in [3.05, 3.63) is 70.3 Å². The second-order valence-corrected chi connectivity index (χ2v) is 8.34. The second kappa shape index (κ2) is 8.82. The van der Waals surface area contributed by atoms with Gasteiger partial charge in [-0.3, -0.25) is 9.69 Å². The molecule has 1 fully saturated rings. The minimum atomic E-state index is -0.332. The lowest BCUT2D eigenvalue weighted by molar-refractivity contribution is -0.910. The average molecular weight is 423 g/mol. The number of nitriles is 1. The minimum Gasteiger partial charge on any atom is -0.497 e. The number of quaternary nitrogens is 1. The highest BCUT2D eigenvalue weighted by molar-refractivity contribution is 8.02. The number of ether oxygens (including phenoxy) is 2. The van der Waals surface area contributed by atoms with Crippen LogP contribution in [0.3, 0.4) is 0 Å². The highest BCUT2D eigenvalue weighted by Crippen LogP contribution is 2.44. The van der Waals surface area contributed by atoms with Crippen LogP contribution >= 0.6 is 11.8 Å². The molecule has 2 atom stereocenters. The Labute approximate surface area is 180 Å². The summed E-state index contributed by atoms with van der Waals surface area (Å²) in [6.45, 7) is 1.42. The van der Waals surface area contributed by atoms with Gasteiger partial charge in [0.05, 0.1) is 25.9 Å². The van der Waals surface area contributed by atoms with Gasteiger partial charge in [-0.2, -0.15) is 5.26 Å². The van der Waals surface area contributed by atoms with E-state index in [1.807, 2.05) is 36.4 Å². The van der Waals surface area contributed by atoms with Crippen LogP contribution in [-0.2, 0) is 11.3 Å². The van der Waals surface area contributed by atoms with E-state index in [4.69, 9.17) is 9.47 Å². The molecule has 0 aliphatic carbocycles. The van der Waals surface area contributed by atoms with Gasteiger partial charge in [0.2, 0.25) is 5.91 Å². The molecule has 1 amide bonds. The highest BCUT2D eigenvalue weighted by Gasteiger charge is 2.40. The van der Waals surface area contributed by atoms with Crippen LogP contribution in [0.15, 0.2) is 59.1 Å². The van der Waals surface area contributed by atoms with Gasteiger partial charge >= 0.3 is 0 Å². The summed E-state index contributed by atoms with van der Waals surface area (Å²) in [6.07, 6.45) is 0.245. The number of hydrogen-bond acceptors (Lipinski definition) is 5. The molecule has 1 unspecified atom stereocenters. The Hall–Kier alpha value is -2.95. The number of methoxy groups -OCH3 is 2. The lowest BCUT2D eigenvalue weighted by Gasteiger charge is -2.39. The number of carbonyl (C=O) groups is 1. The molecule has 6 nitrogen and oxygen atoms in total. The van der Waals surface area contributed by atoms with E-state index in [0.717, 1.165) is 23.0 Å². The molecular formula is C23H24N3O3S+. The van der Waals surface area contributed by atoms with Crippen molar-refractivity contribution in [2.75, 3.05) is 26.8 Å². The number of nitrogens with one attached hydrogen (secondary N) is 1. The first-order chi connectivity index (χ1) is 14.6. The lowest BCUT2D eigenvalue weighted by atomic mass is 9.86. The summed E-state index contributed by atoms with van der Waals surface area (Å²) in [4.78, 5) is 16.2. The van der Waals surface area contributed by atoms with Gasteiger partial charge in [0.15, 0.2) is 6.67 Å². The van der Waals surface area contributed by atoms with Crippen LogP contribution in [0.25, 0.3) is 0 Å². The maximum absolute atomic E-state index is 13.1. The fourth-order valence-corrected chi connectivity index (χ4v) is 5.24. The molecule has 0 bridgehead atoms. The van der Waals surface area contributed by atoms with Crippen molar-refractivity contribution in [3.8, 4) is 17.6 Å². The number of thioether (sulfide) groups is 1. The Morgan fingerprint density at radius 1 is 1.20 bits per heavy atom. The van der Waals surface area contributed by atoms with E-state index in [0.29, 0.717) is 23.7 Å².